The summed E-state index contributed by atoms with van der Waals surface area (Å²) in [6.45, 7) is 0.697. The number of hydrogen-bond donors (Lipinski definition) is 2. The predicted molar refractivity (Wildman–Crippen MR) is 63.2 cm³/mol. The largest absolute Gasteiger partial charge is 0.475 e. The number of amides is 4. The number of nitrogens with zero attached hydrogens (tertiary/aromatic N) is 2. The van der Waals surface area contributed by atoms with Gasteiger partial charge in [0.15, 0.2) is 4.84 Å². The fourth-order valence-electron chi connectivity index (χ4n) is 0.910. The Morgan fingerprint density at radius 2 is 1.48 bits per heavy atom. The van der Waals surface area contributed by atoms with Gasteiger partial charge < -0.3 is 0 Å². The van der Waals surface area contributed by atoms with Crippen LogP contribution in [0.25, 0.3) is 0 Å². The van der Waals surface area contributed by atoms with E-state index in [2.05, 4.69) is 0 Å². The maximum Gasteiger partial charge on any atom is 0.475 e. The molecule has 0 radical (unpaired) electrons. The van der Waals surface area contributed by atoms with E-state index in [1.165, 1.54) is 5.43 Å². The Labute approximate surface area is 134 Å². The number of carbonyl (C=O) groups is 4. The Balaban J connectivity index is 5.81. The minimum Gasteiger partial charge on any atom is -0.274 e. The van der Waals surface area contributed by atoms with Crippen molar-refractivity contribution in [1.82, 2.24) is 21.1 Å². The Morgan fingerprint density at radius 1 is 1.00 bits per heavy atom. The first-order valence-corrected chi connectivity index (χ1v) is 6.05. The summed E-state index contributed by atoms with van der Waals surface area (Å²) in [5.74, 6) is -8.30. The fraction of sp³-hybridized carbons (Fsp3) is 0.500. The molecule has 132 valence electrons. The maximum absolute atomic E-state index is 12.5. The predicted octanol–water partition coefficient (Wildman–Crippen LogP) is 0.272. The van der Waals surface area contributed by atoms with E-state index in [-0.39, 0.29) is 0 Å². The van der Waals surface area contributed by atoms with Gasteiger partial charge in [0.25, 0.3) is 5.91 Å². The summed E-state index contributed by atoms with van der Waals surface area (Å²) < 4.78 is 61.7. The second-order valence-electron chi connectivity index (χ2n) is 3.51. The van der Waals surface area contributed by atoms with Crippen molar-refractivity contribution in [3.05, 3.63) is 0 Å². The minimum absolute atomic E-state index is 0.552. The molecule has 0 saturated heterocycles. The highest BCUT2D eigenvalue weighted by Crippen LogP contribution is 2.19. The maximum atomic E-state index is 12.5. The summed E-state index contributed by atoms with van der Waals surface area (Å²) in [6, 6.07) is 0. The summed E-state index contributed by atoms with van der Waals surface area (Å²) in [5, 5.41) is -1.54. The van der Waals surface area contributed by atoms with Crippen LogP contribution in [0, 0.1) is 0 Å². The number of alkyl halides is 7. The van der Waals surface area contributed by atoms with Gasteiger partial charge in [0, 0.05) is 6.92 Å². The summed E-state index contributed by atoms with van der Waals surface area (Å²) in [5.41, 5.74) is 2.19. The van der Waals surface area contributed by atoms with Crippen LogP contribution < -0.4 is 10.9 Å². The second kappa shape index (κ2) is 8.10. The summed E-state index contributed by atoms with van der Waals surface area (Å²) >= 11 is 10.2. The zero-order chi connectivity index (χ0) is 18.5. The molecule has 15 heteroatoms. The van der Waals surface area contributed by atoms with E-state index in [0.29, 0.717) is 6.92 Å². The smallest absolute Gasteiger partial charge is 0.274 e. The van der Waals surface area contributed by atoms with Crippen LogP contribution in [0.2, 0.25) is 0 Å². The number of rotatable bonds is 2. The molecular formula is C8H7Cl2F5N4O4. The van der Waals surface area contributed by atoms with Gasteiger partial charge >= 0.3 is 24.4 Å². The molecule has 0 rings (SSSR count). The molecule has 0 aromatic rings. The van der Waals surface area contributed by atoms with Crippen molar-refractivity contribution in [2.24, 2.45) is 0 Å². The molecule has 4 amide bonds. The van der Waals surface area contributed by atoms with Gasteiger partial charge in [-0.25, -0.2) is 10.9 Å². The van der Waals surface area contributed by atoms with E-state index < -0.39 is 51.3 Å². The van der Waals surface area contributed by atoms with Crippen LogP contribution >= 0.6 is 23.2 Å². The number of halogens is 7. The first-order valence-electron chi connectivity index (χ1n) is 5.18. The lowest BCUT2D eigenvalue weighted by molar-refractivity contribution is -0.217. The first kappa shape index (κ1) is 21.1. The van der Waals surface area contributed by atoms with Crippen molar-refractivity contribution in [3.63, 3.8) is 0 Å². The summed E-state index contributed by atoms with van der Waals surface area (Å²) in [6.07, 6.45) is -9.55. The lowest BCUT2D eigenvalue weighted by Crippen LogP contribution is -2.67. The lowest BCUT2D eigenvalue weighted by atomic mass is 10.6. The van der Waals surface area contributed by atoms with Crippen molar-refractivity contribution < 1.29 is 41.1 Å². The van der Waals surface area contributed by atoms with Gasteiger partial charge in [-0.05, 0) is 0 Å². The summed E-state index contributed by atoms with van der Waals surface area (Å²) in [7, 11) is 0. The van der Waals surface area contributed by atoms with Crippen molar-refractivity contribution in [2.75, 3.05) is 0 Å². The minimum atomic E-state index is -5.71. The standard InChI is InChI=1S/C8H7Cl2F5N4O4/c1-2(20)16-18(6(22)3(9)10)19(7(23)8(13,14)15)17-5(21)4(11)12/h3-4H,1H3,(H,16,20)(H,17,21). The van der Waals surface area contributed by atoms with E-state index in [1.54, 1.807) is 0 Å². The van der Waals surface area contributed by atoms with Gasteiger partial charge in [0.2, 0.25) is 5.91 Å². The molecule has 8 nitrogen and oxygen atoms in total. The van der Waals surface area contributed by atoms with Gasteiger partial charge in [0.05, 0.1) is 0 Å². The van der Waals surface area contributed by atoms with Crippen LogP contribution in [-0.4, -0.2) is 51.3 Å². The Kier molecular flexibility index (Phi) is 7.43. The van der Waals surface area contributed by atoms with Crippen molar-refractivity contribution >= 4 is 46.8 Å². The van der Waals surface area contributed by atoms with Crippen LogP contribution in [0.4, 0.5) is 22.0 Å². The highest BCUT2D eigenvalue weighted by molar-refractivity contribution is 6.53. The average Bonchev–Trinajstić information content (AvgIpc) is 2.39. The molecule has 0 atom stereocenters. The molecule has 0 fully saturated rings. The number of nitrogens with one attached hydrogen (secondary N) is 2. The molecule has 0 aliphatic rings. The third kappa shape index (κ3) is 6.40. The van der Waals surface area contributed by atoms with Crippen molar-refractivity contribution in [1.29, 1.82) is 0 Å². The van der Waals surface area contributed by atoms with Crippen LogP contribution in [0.5, 0.6) is 0 Å². The normalized spacial score (nSPS) is 11.2. The van der Waals surface area contributed by atoms with Gasteiger partial charge in [0.1, 0.15) is 0 Å². The molecule has 0 aliphatic carbocycles. The Bertz CT molecular complexity index is 501. The fourth-order valence-corrected chi connectivity index (χ4v) is 1.09. The number of hydrazine groups is 3. The van der Waals surface area contributed by atoms with Gasteiger partial charge in [-0.1, -0.05) is 23.2 Å². The molecule has 0 aromatic heterocycles. The van der Waals surface area contributed by atoms with E-state index in [1.807, 2.05) is 0 Å². The highest BCUT2D eigenvalue weighted by atomic mass is 35.5. The number of carbonyl (C=O) groups excluding carboxylic acids is 4. The monoisotopic (exact) mass is 388 g/mol. The molecule has 0 spiro atoms. The lowest BCUT2D eigenvalue weighted by Gasteiger charge is -2.33. The molecule has 0 aliphatic heterocycles. The molecule has 0 heterocycles. The van der Waals surface area contributed by atoms with E-state index >= 15 is 0 Å². The van der Waals surface area contributed by atoms with Crippen LogP contribution in [0.15, 0.2) is 0 Å². The molecular weight excluding hydrogens is 382 g/mol. The van der Waals surface area contributed by atoms with Crippen LogP contribution in [-0.2, 0) is 19.2 Å². The quantitative estimate of drug-likeness (QED) is 0.403. The molecule has 0 saturated carbocycles. The van der Waals surface area contributed by atoms with Crippen LogP contribution in [0.1, 0.15) is 6.92 Å². The molecule has 23 heavy (non-hydrogen) atoms. The van der Waals surface area contributed by atoms with Crippen molar-refractivity contribution in [2.45, 2.75) is 24.4 Å². The molecule has 0 bridgehead atoms. The topological polar surface area (TPSA) is 98.8 Å². The Hall–Kier alpha value is -1.89. The number of hydrogen-bond acceptors (Lipinski definition) is 4. The van der Waals surface area contributed by atoms with Crippen molar-refractivity contribution in [3.8, 4) is 0 Å². The van der Waals surface area contributed by atoms with Gasteiger partial charge in [-0.15, -0.1) is 10.2 Å². The van der Waals surface area contributed by atoms with E-state index in [0.717, 1.165) is 5.43 Å². The summed E-state index contributed by atoms with van der Waals surface area (Å²) in [4.78, 5) is 42.4. The third-order valence-electron chi connectivity index (χ3n) is 1.71. The van der Waals surface area contributed by atoms with E-state index in [4.69, 9.17) is 23.2 Å². The molecule has 0 unspecified atom stereocenters. The first-order chi connectivity index (χ1) is 10.3. The second-order valence-corrected chi connectivity index (χ2v) is 4.61. The highest BCUT2D eigenvalue weighted by Gasteiger charge is 2.48. The van der Waals surface area contributed by atoms with Gasteiger partial charge in [-0.3, -0.25) is 19.2 Å². The third-order valence-corrected chi connectivity index (χ3v) is 2.08. The van der Waals surface area contributed by atoms with Gasteiger partial charge in [-0.2, -0.15) is 22.0 Å². The van der Waals surface area contributed by atoms with E-state index in [9.17, 15) is 41.1 Å². The Morgan fingerprint density at radius 3 is 1.78 bits per heavy atom. The zero-order valence-electron chi connectivity index (χ0n) is 10.8. The zero-order valence-corrected chi connectivity index (χ0v) is 12.3. The SMILES string of the molecule is CC(=O)NN(C(=O)C(Cl)Cl)N(NC(=O)C(F)F)C(=O)C(F)(F)F. The average molecular weight is 389 g/mol. The van der Waals surface area contributed by atoms with Crippen LogP contribution in [0.3, 0.4) is 0 Å². The molecule has 2 N–H and O–H groups in total. The molecule has 0 aromatic carbocycles.